The minimum Gasteiger partial charge on any atom is -0.381 e. The van der Waals surface area contributed by atoms with Crippen LogP contribution in [-0.4, -0.2) is 61.6 Å². The van der Waals surface area contributed by atoms with Crippen molar-refractivity contribution in [3.63, 3.8) is 0 Å². The predicted octanol–water partition coefficient (Wildman–Crippen LogP) is 0.0574. The normalized spacial score (nSPS) is 12.5. The highest BCUT2D eigenvalue weighted by Gasteiger charge is 2.25. The van der Waals surface area contributed by atoms with Gasteiger partial charge in [0.15, 0.2) is 5.82 Å². The third kappa shape index (κ3) is 3.92. The molecule has 8 heteroatoms. The van der Waals surface area contributed by atoms with Gasteiger partial charge in [-0.1, -0.05) is 0 Å². The molecule has 0 bridgehead atoms. The van der Waals surface area contributed by atoms with E-state index in [0.717, 1.165) is 13.0 Å². The number of hydrogen-bond acceptors (Lipinski definition) is 5. The number of aromatic nitrogens is 2. The number of nitrogen functional groups attached to an aromatic ring is 1. The first-order valence-electron chi connectivity index (χ1n) is 6.23. The van der Waals surface area contributed by atoms with E-state index < -0.39 is 10.0 Å². The average Bonchev–Trinajstić information content (AvgIpc) is 2.70. The Labute approximate surface area is 115 Å². The number of sulfonamides is 1. The van der Waals surface area contributed by atoms with Gasteiger partial charge in [0.1, 0.15) is 4.90 Å². The highest BCUT2D eigenvalue weighted by atomic mass is 32.2. The summed E-state index contributed by atoms with van der Waals surface area (Å²) >= 11 is 0. The van der Waals surface area contributed by atoms with Crippen molar-refractivity contribution < 1.29 is 8.42 Å². The van der Waals surface area contributed by atoms with Crippen molar-refractivity contribution in [1.29, 1.82) is 0 Å². The van der Waals surface area contributed by atoms with Crippen LogP contribution in [-0.2, 0) is 16.6 Å². The van der Waals surface area contributed by atoms with Gasteiger partial charge in [0, 0.05) is 26.3 Å². The van der Waals surface area contributed by atoms with E-state index in [1.807, 2.05) is 25.9 Å². The Morgan fingerprint density at radius 2 is 1.95 bits per heavy atom. The zero-order chi connectivity index (χ0) is 14.6. The number of hydrogen-bond donors (Lipinski definition) is 1. The molecule has 19 heavy (non-hydrogen) atoms. The maximum Gasteiger partial charge on any atom is 0.248 e. The maximum absolute atomic E-state index is 12.3. The van der Waals surface area contributed by atoms with Gasteiger partial charge < -0.3 is 10.6 Å². The lowest BCUT2D eigenvalue weighted by Crippen LogP contribution is -2.30. The lowest BCUT2D eigenvalue weighted by molar-refractivity contribution is 0.370. The van der Waals surface area contributed by atoms with E-state index >= 15 is 0 Å². The molecule has 0 unspecified atom stereocenters. The van der Waals surface area contributed by atoms with Crippen LogP contribution < -0.4 is 5.73 Å². The summed E-state index contributed by atoms with van der Waals surface area (Å²) in [5.41, 5.74) is 5.67. The highest BCUT2D eigenvalue weighted by Crippen LogP contribution is 2.20. The van der Waals surface area contributed by atoms with Crippen molar-refractivity contribution in [2.24, 2.45) is 0 Å². The Morgan fingerprint density at radius 1 is 1.32 bits per heavy atom. The number of nitrogens with zero attached hydrogens (tertiary/aromatic N) is 4. The zero-order valence-electron chi connectivity index (χ0n) is 12.0. The van der Waals surface area contributed by atoms with E-state index in [1.165, 1.54) is 15.2 Å². The molecule has 0 spiro atoms. The van der Waals surface area contributed by atoms with Gasteiger partial charge in [-0.15, -0.1) is 0 Å². The summed E-state index contributed by atoms with van der Waals surface area (Å²) in [5.74, 6) is 0.0568. The molecule has 0 atom stereocenters. The van der Waals surface area contributed by atoms with Crippen molar-refractivity contribution in [2.75, 3.05) is 40.0 Å². The largest absolute Gasteiger partial charge is 0.381 e. The lowest BCUT2D eigenvalue weighted by Gasteiger charge is -2.17. The summed E-state index contributed by atoms with van der Waals surface area (Å²) in [6.45, 7) is 3.76. The third-order valence-corrected chi connectivity index (χ3v) is 4.72. The van der Waals surface area contributed by atoms with E-state index in [4.69, 9.17) is 5.73 Å². The SMILES string of the molecule is CCn1cc(S(=O)(=O)N(C)CCCN(C)C)c(N)n1. The van der Waals surface area contributed by atoms with E-state index in [-0.39, 0.29) is 10.7 Å². The molecule has 1 aromatic rings. The first kappa shape index (κ1) is 15.9. The van der Waals surface area contributed by atoms with Crippen LogP contribution in [0.25, 0.3) is 0 Å². The van der Waals surface area contributed by atoms with Crippen LogP contribution in [0.5, 0.6) is 0 Å². The van der Waals surface area contributed by atoms with Gasteiger partial charge >= 0.3 is 0 Å². The molecule has 1 rings (SSSR count). The first-order valence-corrected chi connectivity index (χ1v) is 7.67. The standard InChI is InChI=1S/C11H23N5O2S/c1-5-16-9-10(11(12)13-16)19(17,18)15(4)8-6-7-14(2)3/h9H,5-8H2,1-4H3,(H2,12,13). The number of anilines is 1. The number of aryl methyl sites for hydroxylation is 1. The molecule has 1 aromatic heterocycles. The van der Waals surface area contributed by atoms with Crippen molar-refractivity contribution in [3.8, 4) is 0 Å². The topological polar surface area (TPSA) is 84.5 Å². The van der Waals surface area contributed by atoms with Gasteiger partial charge in [-0.3, -0.25) is 4.68 Å². The average molecular weight is 289 g/mol. The first-order chi connectivity index (χ1) is 8.78. The molecule has 0 aromatic carbocycles. The summed E-state index contributed by atoms with van der Waals surface area (Å²) in [6, 6.07) is 0. The second kappa shape index (κ2) is 6.36. The summed E-state index contributed by atoms with van der Waals surface area (Å²) in [6.07, 6.45) is 2.25. The minimum absolute atomic E-state index is 0.0568. The third-order valence-electron chi connectivity index (χ3n) is 2.85. The van der Waals surface area contributed by atoms with Crippen molar-refractivity contribution >= 4 is 15.8 Å². The molecule has 0 radical (unpaired) electrons. The monoisotopic (exact) mass is 289 g/mol. The second-order valence-electron chi connectivity index (χ2n) is 4.72. The van der Waals surface area contributed by atoms with E-state index in [1.54, 1.807) is 7.05 Å². The molecule has 0 amide bonds. The Balaban J connectivity index is 2.81. The Bertz CT molecular complexity index is 509. The highest BCUT2D eigenvalue weighted by molar-refractivity contribution is 7.89. The molecule has 0 aliphatic rings. The van der Waals surface area contributed by atoms with Crippen LogP contribution in [0.2, 0.25) is 0 Å². The van der Waals surface area contributed by atoms with Crippen LogP contribution in [0.15, 0.2) is 11.1 Å². The maximum atomic E-state index is 12.3. The molecular formula is C11H23N5O2S. The van der Waals surface area contributed by atoms with Crippen LogP contribution in [0.4, 0.5) is 5.82 Å². The Hall–Kier alpha value is -1.12. The molecule has 2 N–H and O–H groups in total. The summed E-state index contributed by atoms with van der Waals surface area (Å²) in [4.78, 5) is 2.10. The van der Waals surface area contributed by atoms with Gasteiger partial charge in [-0.05, 0) is 34.0 Å². The Kier molecular flexibility index (Phi) is 5.33. The predicted molar refractivity (Wildman–Crippen MR) is 75.3 cm³/mol. The molecule has 1 heterocycles. The fourth-order valence-corrected chi connectivity index (χ4v) is 2.94. The fraction of sp³-hybridized carbons (Fsp3) is 0.727. The van der Waals surface area contributed by atoms with Gasteiger partial charge in [-0.25, -0.2) is 12.7 Å². The molecule has 0 aliphatic carbocycles. The molecule has 0 saturated heterocycles. The fourth-order valence-electron chi connectivity index (χ4n) is 1.68. The second-order valence-corrected chi connectivity index (χ2v) is 6.73. The molecule has 110 valence electrons. The summed E-state index contributed by atoms with van der Waals surface area (Å²) < 4.78 is 27.5. The van der Waals surface area contributed by atoms with E-state index in [0.29, 0.717) is 13.1 Å². The van der Waals surface area contributed by atoms with Gasteiger partial charge in [0.2, 0.25) is 10.0 Å². The zero-order valence-corrected chi connectivity index (χ0v) is 12.8. The molecule has 7 nitrogen and oxygen atoms in total. The smallest absolute Gasteiger partial charge is 0.248 e. The number of rotatable bonds is 7. The lowest BCUT2D eigenvalue weighted by atomic mass is 10.4. The van der Waals surface area contributed by atoms with Crippen LogP contribution in [0, 0.1) is 0 Å². The van der Waals surface area contributed by atoms with Crippen molar-refractivity contribution in [1.82, 2.24) is 19.0 Å². The van der Waals surface area contributed by atoms with Crippen LogP contribution in [0.3, 0.4) is 0 Å². The van der Waals surface area contributed by atoms with Gasteiger partial charge in [-0.2, -0.15) is 5.10 Å². The molecule has 0 aliphatic heterocycles. The quantitative estimate of drug-likeness (QED) is 0.767. The van der Waals surface area contributed by atoms with E-state index in [2.05, 4.69) is 5.10 Å². The van der Waals surface area contributed by atoms with E-state index in [9.17, 15) is 8.42 Å². The Morgan fingerprint density at radius 3 is 2.42 bits per heavy atom. The summed E-state index contributed by atoms with van der Waals surface area (Å²) in [5, 5.41) is 3.97. The molecule has 0 saturated carbocycles. The molecular weight excluding hydrogens is 266 g/mol. The summed E-state index contributed by atoms with van der Waals surface area (Å²) in [7, 11) is 1.93. The van der Waals surface area contributed by atoms with Crippen molar-refractivity contribution in [3.05, 3.63) is 6.20 Å². The number of nitrogens with two attached hydrogens (primary N) is 1. The van der Waals surface area contributed by atoms with Crippen molar-refractivity contribution in [2.45, 2.75) is 24.8 Å². The van der Waals surface area contributed by atoms with Gasteiger partial charge in [0.25, 0.3) is 0 Å². The minimum atomic E-state index is -3.55. The van der Waals surface area contributed by atoms with Crippen LogP contribution in [0.1, 0.15) is 13.3 Å². The molecule has 0 fully saturated rings. The van der Waals surface area contributed by atoms with Crippen LogP contribution >= 0.6 is 0 Å². The van der Waals surface area contributed by atoms with Gasteiger partial charge in [0.05, 0.1) is 0 Å².